The van der Waals surface area contributed by atoms with Crippen molar-refractivity contribution >= 4 is 17.4 Å². The molecule has 0 N–H and O–H groups in total. The summed E-state index contributed by atoms with van der Waals surface area (Å²) in [5, 5.41) is -0.270. The van der Waals surface area contributed by atoms with Gasteiger partial charge < -0.3 is 9.26 Å². The minimum atomic E-state index is -3.73. The maximum atomic E-state index is 12.9. The van der Waals surface area contributed by atoms with Gasteiger partial charge in [-0.05, 0) is 24.1 Å². The van der Waals surface area contributed by atoms with Gasteiger partial charge in [-0.15, -0.1) is 0 Å². The van der Waals surface area contributed by atoms with Crippen LogP contribution in [0.3, 0.4) is 0 Å². The van der Waals surface area contributed by atoms with E-state index in [1.165, 1.54) is 12.1 Å². The standard InChI is InChI=1S/C19H15ClF2N2O3/c1-12-2-4-13(5-3-12)10-26-11-16(25)14-6-8-15(9-7-14)17-23-18(27-24-17)19(20,21)22/h2-9H,10-11H2,1H3. The summed E-state index contributed by atoms with van der Waals surface area (Å²) in [5.41, 5.74) is 2.98. The predicted octanol–water partition coefficient (Wildman–Crippen LogP) is 4.73. The number of aromatic nitrogens is 2. The number of rotatable bonds is 7. The van der Waals surface area contributed by atoms with Gasteiger partial charge in [-0.2, -0.15) is 13.8 Å². The summed E-state index contributed by atoms with van der Waals surface area (Å²) < 4.78 is 35.7. The van der Waals surface area contributed by atoms with E-state index in [1.807, 2.05) is 31.2 Å². The molecule has 0 aliphatic rings. The maximum Gasteiger partial charge on any atom is 0.400 e. The van der Waals surface area contributed by atoms with E-state index in [1.54, 1.807) is 12.1 Å². The first-order valence-corrected chi connectivity index (χ1v) is 8.38. The molecule has 0 bridgehead atoms. The molecule has 8 heteroatoms. The van der Waals surface area contributed by atoms with Crippen LogP contribution >= 0.6 is 11.6 Å². The van der Waals surface area contributed by atoms with Gasteiger partial charge in [-0.1, -0.05) is 59.3 Å². The molecule has 3 rings (SSSR count). The van der Waals surface area contributed by atoms with Crippen molar-refractivity contribution in [2.75, 3.05) is 6.61 Å². The minimum absolute atomic E-state index is 0.0417. The molecule has 0 radical (unpaired) electrons. The Morgan fingerprint density at radius 2 is 1.81 bits per heavy atom. The van der Waals surface area contributed by atoms with E-state index in [-0.39, 0.29) is 18.2 Å². The molecule has 0 fully saturated rings. The van der Waals surface area contributed by atoms with E-state index < -0.39 is 11.3 Å². The lowest BCUT2D eigenvalue weighted by molar-refractivity contribution is 0.0551. The fourth-order valence-corrected chi connectivity index (χ4v) is 2.37. The molecule has 0 saturated heterocycles. The predicted molar refractivity (Wildman–Crippen MR) is 94.6 cm³/mol. The van der Waals surface area contributed by atoms with Crippen molar-refractivity contribution in [2.24, 2.45) is 0 Å². The summed E-state index contributed by atoms with van der Waals surface area (Å²) in [6.45, 7) is 2.26. The number of benzene rings is 2. The zero-order valence-corrected chi connectivity index (χ0v) is 15.0. The number of Topliss-reactive ketones (excluding diaryl/α,β-unsaturated/α-hetero) is 1. The number of alkyl halides is 3. The number of nitrogens with zero attached hydrogens (tertiary/aromatic N) is 2. The number of carbonyl (C=O) groups excluding carboxylic acids is 1. The number of halogens is 3. The third kappa shape index (κ3) is 4.96. The molecule has 0 aliphatic carbocycles. The smallest absolute Gasteiger partial charge is 0.369 e. The highest BCUT2D eigenvalue weighted by molar-refractivity contribution is 6.21. The van der Waals surface area contributed by atoms with Crippen molar-refractivity contribution in [3.05, 3.63) is 71.1 Å². The van der Waals surface area contributed by atoms with Gasteiger partial charge in [-0.25, -0.2) is 0 Å². The third-order valence-corrected chi connectivity index (χ3v) is 3.92. The fourth-order valence-electron chi connectivity index (χ4n) is 2.29. The van der Waals surface area contributed by atoms with E-state index in [0.717, 1.165) is 11.1 Å². The van der Waals surface area contributed by atoms with Crippen molar-refractivity contribution in [1.82, 2.24) is 10.1 Å². The first-order valence-electron chi connectivity index (χ1n) is 8.01. The molecule has 0 atom stereocenters. The molecule has 1 aromatic heterocycles. The number of aryl methyl sites for hydroxylation is 1. The van der Waals surface area contributed by atoms with Gasteiger partial charge in [0, 0.05) is 11.1 Å². The summed E-state index contributed by atoms with van der Waals surface area (Å²) in [6, 6.07) is 14.0. The van der Waals surface area contributed by atoms with E-state index in [9.17, 15) is 13.6 Å². The number of hydrogen-bond acceptors (Lipinski definition) is 5. The largest absolute Gasteiger partial charge is 0.400 e. The monoisotopic (exact) mass is 392 g/mol. The average Bonchev–Trinajstić information content (AvgIpc) is 3.14. The molecule has 0 spiro atoms. The van der Waals surface area contributed by atoms with Crippen molar-refractivity contribution < 1.29 is 22.8 Å². The van der Waals surface area contributed by atoms with Crippen LogP contribution in [-0.4, -0.2) is 22.5 Å². The minimum Gasteiger partial charge on any atom is -0.369 e. The van der Waals surface area contributed by atoms with Gasteiger partial charge in [-0.3, -0.25) is 4.79 Å². The fraction of sp³-hybridized carbons (Fsp3) is 0.211. The highest BCUT2D eigenvalue weighted by atomic mass is 35.5. The molecule has 140 valence electrons. The van der Waals surface area contributed by atoms with Crippen LogP contribution in [-0.2, 0) is 16.7 Å². The molecule has 1 heterocycles. The van der Waals surface area contributed by atoms with Crippen molar-refractivity contribution in [1.29, 1.82) is 0 Å². The maximum absolute atomic E-state index is 12.9. The summed E-state index contributed by atoms with van der Waals surface area (Å²) in [4.78, 5) is 15.7. The van der Waals surface area contributed by atoms with E-state index in [4.69, 9.17) is 16.3 Å². The van der Waals surface area contributed by atoms with Gasteiger partial charge in [0.15, 0.2) is 5.78 Å². The quantitative estimate of drug-likeness (QED) is 0.429. The van der Waals surface area contributed by atoms with Gasteiger partial charge in [0.2, 0.25) is 5.82 Å². The second-order valence-electron chi connectivity index (χ2n) is 5.90. The first kappa shape index (κ1) is 19.1. The Labute approximate surface area is 158 Å². The van der Waals surface area contributed by atoms with Crippen molar-refractivity contribution in [3.8, 4) is 11.4 Å². The van der Waals surface area contributed by atoms with Crippen LogP contribution in [0.1, 0.15) is 27.4 Å². The highest BCUT2D eigenvalue weighted by Crippen LogP contribution is 2.32. The molecular formula is C19H15ClF2N2O3. The highest BCUT2D eigenvalue weighted by Gasteiger charge is 2.35. The Balaban J connectivity index is 1.58. The summed E-state index contributed by atoms with van der Waals surface area (Å²) in [5.74, 6) is -1.22. The lowest BCUT2D eigenvalue weighted by atomic mass is 10.1. The molecule has 0 unspecified atom stereocenters. The number of hydrogen-bond donors (Lipinski definition) is 0. The lowest BCUT2D eigenvalue weighted by Crippen LogP contribution is -2.09. The lowest BCUT2D eigenvalue weighted by Gasteiger charge is -2.05. The molecule has 0 aliphatic heterocycles. The third-order valence-electron chi connectivity index (χ3n) is 3.76. The zero-order chi connectivity index (χ0) is 19.4. The number of carbonyl (C=O) groups is 1. The molecule has 0 amide bonds. The topological polar surface area (TPSA) is 65.2 Å². The van der Waals surface area contributed by atoms with Gasteiger partial charge in [0.1, 0.15) is 6.61 Å². The van der Waals surface area contributed by atoms with Crippen LogP contribution in [0.5, 0.6) is 0 Å². The van der Waals surface area contributed by atoms with Crippen LogP contribution in [0.4, 0.5) is 8.78 Å². The Hall–Kier alpha value is -2.64. The number of ketones is 1. The van der Waals surface area contributed by atoms with E-state index >= 15 is 0 Å². The normalized spacial score (nSPS) is 11.6. The average molecular weight is 393 g/mol. The Morgan fingerprint density at radius 3 is 2.41 bits per heavy atom. The molecule has 27 heavy (non-hydrogen) atoms. The van der Waals surface area contributed by atoms with Crippen LogP contribution in [0.15, 0.2) is 53.1 Å². The van der Waals surface area contributed by atoms with Crippen LogP contribution < -0.4 is 0 Å². The first-order chi connectivity index (χ1) is 12.8. The van der Waals surface area contributed by atoms with Gasteiger partial charge in [0.25, 0.3) is 0 Å². The SMILES string of the molecule is Cc1ccc(COCC(=O)c2ccc(-c3noc(C(F)(F)Cl)n3)cc2)cc1. The van der Waals surface area contributed by atoms with Crippen LogP contribution in [0.25, 0.3) is 11.4 Å². The molecule has 2 aromatic carbocycles. The second-order valence-corrected chi connectivity index (χ2v) is 6.37. The Kier molecular flexibility index (Phi) is 5.62. The molecule has 3 aromatic rings. The Morgan fingerprint density at radius 1 is 1.15 bits per heavy atom. The van der Waals surface area contributed by atoms with Gasteiger partial charge >= 0.3 is 11.3 Å². The molecule has 0 saturated carbocycles. The van der Waals surface area contributed by atoms with Crippen LogP contribution in [0.2, 0.25) is 0 Å². The summed E-state index contributed by atoms with van der Waals surface area (Å²) in [6.07, 6.45) is 0. The molecule has 5 nitrogen and oxygen atoms in total. The van der Waals surface area contributed by atoms with E-state index in [0.29, 0.717) is 17.7 Å². The van der Waals surface area contributed by atoms with Crippen LogP contribution in [0, 0.1) is 6.92 Å². The van der Waals surface area contributed by atoms with Crippen molar-refractivity contribution in [2.45, 2.75) is 18.9 Å². The second kappa shape index (κ2) is 7.94. The van der Waals surface area contributed by atoms with Crippen molar-refractivity contribution in [3.63, 3.8) is 0 Å². The summed E-state index contributed by atoms with van der Waals surface area (Å²) in [7, 11) is 0. The summed E-state index contributed by atoms with van der Waals surface area (Å²) >= 11 is 4.84. The zero-order valence-electron chi connectivity index (χ0n) is 14.3. The molecular weight excluding hydrogens is 378 g/mol. The van der Waals surface area contributed by atoms with E-state index in [2.05, 4.69) is 14.7 Å². The number of ether oxygens (including phenoxy) is 1. The van der Waals surface area contributed by atoms with Gasteiger partial charge in [0.05, 0.1) is 6.61 Å². The Bertz CT molecular complexity index is 919.